The lowest BCUT2D eigenvalue weighted by Crippen LogP contribution is -2.59. The summed E-state index contributed by atoms with van der Waals surface area (Å²) in [6.45, 7) is 3.74. The SMILES string of the molecule is C[C@]12CCOC[C@H]1[C@]1(COC(N)=N1)c1cc(-c3cncc(Cl)c3)ccc1O2. The van der Waals surface area contributed by atoms with Crippen molar-refractivity contribution in [1.82, 2.24) is 4.98 Å². The first-order valence-corrected chi connectivity index (χ1v) is 9.38. The minimum atomic E-state index is -0.616. The van der Waals surface area contributed by atoms with Crippen molar-refractivity contribution in [3.05, 3.63) is 47.2 Å². The van der Waals surface area contributed by atoms with Crippen molar-refractivity contribution in [2.24, 2.45) is 16.6 Å². The second-order valence-corrected chi connectivity index (χ2v) is 7.99. The van der Waals surface area contributed by atoms with Gasteiger partial charge in [-0.3, -0.25) is 4.98 Å². The number of ether oxygens (including phenoxy) is 3. The number of hydrogen-bond donors (Lipinski definition) is 1. The smallest absolute Gasteiger partial charge is 0.283 e. The maximum absolute atomic E-state index is 6.47. The van der Waals surface area contributed by atoms with E-state index in [2.05, 4.69) is 18.0 Å². The van der Waals surface area contributed by atoms with Crippen molar-refractivity contribution in [1.29, 1.82) is 0 Å². The molecule has 6 nitrogen and oxygen atoms in total. The van der Waals surface area contributed by atoms with Crippen LogP contribution in [-0.4, -0.2) is 36.4 Å². The van der Waals surface area contributed by atoms with Crippen LogP contribution in [0.3, 0.4) is 0 Å². The van der Waals surface area contributed by atoms with E-state index >= 15 is 0 Å². The Labute approximate surface area is 162 Å². The molecule has 3 atom stereocenters. The van der Waals surface area contributed by atoms with Gasteiger partial charge in [0.15, 0.2) is 0 Å². The van der Waals surface area contributed by atoms with Gasteiger partial charge in [-0.2, -0.15) is 0 Å². The molecule has 4 heterocycles. The van der Waals surface area contributed by atoms with E-state index < -0.39 is 5.54 Å². The van der Waals surface area contributed by atoms with Gasteiger partial charge in [0.25, 0.3) is 6.02 Å². The summed E-state index contributed by atoms with van der Waals surface area (Å²) >= 11 is 6.13. The largest absolute Gasteiger partial charge is 0.487 e. The Balaban J connectivity index is 1.70. The van der Waals surface area contributed by atoms with Gasteiger partial charge in [0, 0.05) is 29.9 Å². The molecule has 1 spiro atoms. The van der Waals surface area contributed by atoms with E-state index in [0.717, 1.165) is 28.9 Å². The van der Waals surface area contributed by atoms with Gasteiger partial charge in [-0.25, -0.2) is 4.99 Å². The van der Waals surface area contributed by atoms with E-state index in [1.807, 2.05) is 18.2 Å². The number of pyridine rings is 1. The Morgan fingerprint density at radius 1 is 1.22 bits per heavy atom. The fourth-order valence-corrected chi connectivity index (χ4v) is 4.67. The summed E-state index contributed by atoms with van der Waals surface area (Å²) in [5, 5.41) is 0.593. The van der Waals surface area contributed by atoms with Crippen LogP contribution in [0.2, 0.25) is 5.02 Å². The monoisotopic (exact) mass is 385 g/mol. The number of nitrogens with two attached hydrogens (primary N) is 1. The van der Waals surface area contributed by atoms with E-state index in [9.17, 15) is 0 Å². The van der Waals surface area contributed by atoms with Gasteiger partial charge in [-0.1, -0.05) is 17.7 Å². The van der Waals surface area contributed by atoms with E-state index in [0.29, 0.717) is 24.8 Å². The number of halogens is 1. The number of benzene rings is 1. The van der Waals surface area contributed by atoms with Crippen molar-refractivity contribution < 1.29 is 14.2 Å². The maximum atomic E-state index is 6.47. The summed E-state index contributed by atoms with van der Waals surface area (Å²) in [5.41, 5.74) is 7.85. The Bertz CT molecular complexity index is 950. The second-order valence-electron chi connectivity index (χ2n) is 7.56. The highest BCUT2D eigenvalue weighted by Gasteiger charge is 2.59. The van der Waals surface area contributed by atoms with Crippen LogP contribution < -0.4 is 10.5 Å². The number of hydrogen-bond acceptors (Lipinski definition) is 6. The third kappa shape index (κ3) is 2.51. The highest BCUT2D eigenvalue weighted by molar-refractivity contribution is 6.30. The van der Waals surface area contributed by atoms with Crippen LogP contribution in [0.5, 0.6) is 5.75 Å². The maximum Gasteiger partial charge on any atom is 0.283 e. The minimum Gasteiger partial charge on any atom is -0.487 e. The van der Waals surface area contributed by atoms with E-state index in [1.165, 1.54) is 0 Å². The van der Waals surface area contributed by atoms with Gasteiger partial charge in [0.05, 0.1) is 24.2 Å². The topological polar surface area (TPSA) is 79.0 Å². The number of fused-ring (bicyclic) bond motifs is 4. The van der Waals surface area contributed by atoms with Gasteiger partial charge in [-0.15, -0.1) is 0 Å². The summed E-state index contributed by atoms with van der Waals surface area (Å²) in [6.07, 6.45) is 4.21. The molecule has 3 aliphatic rings. The molecule has 0 amide bonds. The van der Waals surface area contributed by atoms with E-state index in [4.69, 9.17) is 36.5 Å². The van der Waals surface area contributed by atoms with Crippen LogP contribution in [0.25, 0.3) is 11.1 Å². The van der Waals surface area contributed by atoms with Crippen molar-refractivity contribution in [2.45, 2.75) is 24.5 Å². The van der Waals surface area contributed by atoms with Gasteiger partial charge >= 0.3 is 0 Å². The average Bonchev–Trinajstić information content (AvgIpc) is 3.04. The highest BCUT2D eigenvalue weighted by atomic mass is 35.5. The molecule has 0 bridgehead atoms. The Morgan fingerprint density at radius 2 is 2.11 bits per heavy atom. The average molecular weight is 386 g/mol. The normalized spacial score (nSPS) is 31.5. The van der Waals surface area contributed by atoms with Gasteiger partial charge in [0.2, 0.25) is 0 Å². The van der Waals surface area contributed by atoms with Crippen LogP contribution in [0, 0.1) is 5.92 Å². The first-order valence-electron chi connectivity index (χ1n) is 9.01. The zero-order chi connectivity index (χ0) is 18.6. The van der Waals surface area contributed by atoms with E-state index in [-0.39, 0.29) is 17.5 Å². The molecule has 0 saturated carbocycles. The third-order valence-electron chi connectivity index (χ3n) is 5.92. The second kappa shape index (κ2) is 5.84. The van der Waals surface area contributed by atoms with Crippen LogP contribution >= 0.6 is 11.6 Å². The van der Waals surface area contributed by atoms with Crippen molar-refractivity contribution in [2.75, 3.05) is 19.8 Å². The van der Waals surface area contributed by atoms with E-state index in [1.54, 1.807) is 12.4 Å². The minimum absolute atomic E-state index is 0.0139. The zero-order valence-corrected chi connectivity index (χ0v) is 15.7. The molecule has 140 valence electrons. The molecule has 27 heavy (non-hydrogen) atoms. The fraction of sp³-hybridized carbons (Fsp3) is 0.400. The van der Waals surface area contributed by atoms with Gasteiger partial charge in [-0.05, 0) is 30.7 Å². The van der Waals surface area contributed by atoms with Gasteiger partial charge < -0.3 is 19.9 Å². The quantitative estimate of drug-likeness (QED) is 0.815. The molecule has 1 saturated heterocycles. The zero-order valence-electron chi connectivity index (χ0n) is 14.9. The van der Waals surface area contributed by atoms with Crippen molar-refractivity contribution >= 4 is 17.6 Å². The Morgan fingerprint density at radius 3 is 2.89 bits per heavy atom. The predicted octanol–water partition coefficient (Wildman–Crippen LogP) is 3.13. The number of nitrogens with zero attached hydrogens (tertiary/aromatic N) is 2. The molecule has 1 aromatic carbocycles. The molecule has 1 aromatic heterocycles. The summed E-state index contributed by atoms with van der Waals surface area (Å²) in [4.78, 5) is 8.97. The molecule has 5 rings (SSSR count). The van der Waals surface area contributed by atoms with Crippen molar-refractivity contribution in [3.63, 3.8) is 0 Å². The highest BCUT2D eigenvalue weighted by Crippen LogP contribution is 2.54. The van der Waals surface area contributed by atoms with Crippen LogP contribution in [0.15, 0.2) is 41.7 Å². The molecule has 1 fully saturated rings. The molecular weight excluding hydrogens is 366 g/mol. The summed E-state index contributed by atoms with van der Waals surface area (Å²) in [7, 11) is 0. The molecule has 3 aliphatic heterocycles. The van der Waals surface area contributed by atoms with Crippen LogP contribution in [0.4, 0.5) is 0 Å². The summed E-state index contributed by atoms with van der Waals surface area (Å²) in [6, 6.07) is 8.21. The molecule has 0 radical (unpaired) electrons. The number of aromatic nitrogens is 1. The molecule has 2 N–H and O–H groups in total. The predicted molar refractivity (Wildman–Crippen MR) is 102 cm³/mol. The molecule has 0 unspecified atom stereocenters. The first kappa shape index (κ1) is 16.8. The third-order valence-corrected chi connectivity index (χ3v) is 6.12. The number of rotatable bonds is 1. The molecule has 0 aliphatic carbocycles. The van der Waals surface area contributed by atoms with Crippen LogP contribution in [-0.2, 0) is 15.0 Å². The summed E-state index contributed by atoms with van der Waals surface area (Å²) < 4.78 is 17.9. The van der Waals surface area contributed by atoms with Gasteiger partial charge in [0.1, 0.15) is 23.5 Å². The van der Waals surface area contributed by atoms with Crippen LogP contribution in [0.1, 0.15) is 18.9 Å². The lowest BCUT2D eigenvalue weighted by atomic mass is 9.66. The fourth-order valence-electron chi connectivity index (χ4n) is 4.50. The molecule has 2 aromatic rings. The Hall–Kier alpha value is -2.31. The standard InChI is InChI=1S/C20H20ClN3O3/c1-19-4-5-25-10-17(19)20(11-26-18(22)24-20)15-7-12(2-3-16(15)27-19)13-6-14(21)9-23-8-13/h2-3,6-9,17H,4-5,10-11H2,1H3,(H2,22,24)/t17-,19+,20+/m1/s1. The number of amidine groups is 1. The number of aliphatic imine (C=N–C) groups is 1. The molecule has 7 heteroatoms. The lowest BCUT2D eigenvalue weighted by Gasteiger charge is -2.52. The van der Waals surface area contributed by atoms with Crippen molar-refractivity contribution in [3.8, 4) is 16.9 Å². The molecular formula is C20H20ClN3O3. The lowest BCUT2D eigenvalue weighted by molar-refractivity contribution is -0.129. The Kier molecular flexibility index (Phi) is 3.64. The first-order chi connectivity index (χ1) is 13.0. The summed E-state index contributed by atoms with van der Waals surface area (Å²) in [5.74, 6) is 0.830.